The van der Waals surface area contributed by atoms with Gasteiger partial charge in [0.25, 0.3) is 0 Å². The molecule has 0 spiro atoms. The van der Waals surface area contributed by atoms with Crippen molar-refractivity contribution < 1.29 is 18.0 Å². The van der Waals surface area contributed by atoms with Crippen LogP contribution in [0.25, 0.3) is 0 Å². The summed E-state index contributed by atoms with van der Waals surface area (Å²) in [5, 5.41) is 3.09. The number of hydrogen-bond donors (Lipinski definition) is 1. The van der Waals surface area contributed by atoms with Gasteiger partial charge in [0.15, 0.2) is 0 Å². The standard InChI is InChI=1S/C10H17F3N2O/c1-6(2)8-4-14-7(3)5-15(8)9(16)10(11,12)13/h6-8,14H,4-5H2,1-3H3. The van der Waals surface area contributed by atoms with Gasteiger partial charge in [0, 0.05) is 25.2 Å². The fourth-order valence-corrected chi connectivity index (χ4v) is 1.92. The Hall–Kier alpha value is -0.780. The van der Waals surface area contributed by atoms with Crippen LogP contribution in [-0.2, 0) is 4.79 Å². The van der Waals surface area contributed by atoms with Crippen molar-refractivity contribution in [1.82, 2.24) is 10.2 Å². The molecule has 0 radical (unpaired) electrons. The molecule has 16 heavy (non-hydrogen) atoms. The molecule has 0 bridgehead atoms. The zero-order chi connectivity index (χ0) is 12.5. The number of carbonyl (C=O) groups is 1. The Kier molecular flexibility index (Phi) is 3.83. The molecule has 1 saturated heterocycles. The Labute approximate surface area is 93.0 Å². The highest BCUT2D eigenvalue weighted by atomic mass is 19.4. The molecular weight excluding hydrogens is 221 g/mol. The van der Waals surface area contributed by atoms with Crippen molar-refractivity contribution >= 4 is 5.91 Å². The summed E-state index contributed by atoms with van der Waals surface area (Å²) in [5.74, 6) is -1.72. The van der Waals surface area contributed by atoms with E-state index >= 15 is 0 Å². The van der Waals surface area contributed by atoms with Crippen LogP contribution < -0.4 is 5.32 Å². The van der Waals surface area contributed by atoms with Crippen molar-refractivity contribution in [3.63, 3.8) is 0 Å². The molecule has 1 N–H and O–H groups in total. The average molecular weight is 238 g/mol. The highest BCUT2D eigenvalue weighted by molar-refractivity contribution is 5.82. The number of amides is 1. The van der Waals surface area contributed by atoms with Crippen LogP contribution >= 0.6 is 0 Å². The van der Waals surface area contributed by atoms with Gasteiger partial charge >= 0.3 is 12.1 Å². The van der Waals surface area contributed by atoms with Gasteiger partial charge in [-0.3, -0.25) is 4.79 Å². The normalized spacial score (nSPS) is 27.3. The van der Waals surface area contributed by atoms with Crippen molar-refractivity contribution in [1.29, 1.82) is 0 Å². The lowest BCUT2D eigenvalue weighted by Gasteiger charge is -2.41. The summed E-state index contributed by atoms with van der Waals surface area (Å²) < 4.78 is 37.2. The van der Waals surface area contributed by atoms with Crippen molar-refractivity contribution in [3.05, 3.63) is 0 Å². The zero-order valence-corrected chi connectivity index (χ0v) is 9.64. The Morgan fingerprint density at radius 3 is 2.44 bits per heavy atom. The molecule has 1 rings (SSSR count). The Balaban J connectivity index is 2.83. The maximum atomic E-state index is 12.4. The number of hydrogen-bond acceptors (Lipinski definition) is 2. The van der Waals surface area contributed by atoms with Gasteiger partial charge in [-0.05, 0) is 12.8 Å². The molecule has 0 aliphatic carbocycles. The first-order valence-electron chi connectivity index (χ1n) is 5.34. The number of alkyl halides is 3. The zero-order valence-electron chi connectivity index (χ0n) is 9.64. The lowest BCUT2D eigenvalue weighted by atomic mass is 9.98. The molecule has 0 aromatic carbocycles. The summed E-state index contributed by atoms with van der Waals surface area (Å²) in [6.45, 7) is 5.94. The fraction of sp³-hybridized carbons (Fsp3) is 0.900. The third kappa shape index (κ3) is 2.87. The molecule has 2 atom stereocenters. The SMILES string of the molecule is CC1CN(C(=O)C(F)(F)F)C(C(C)C)CN1. The van der Waals surface area contributed by atoms with Gasteiger partial charge in [-0.25, -0.2) is 0 Å². The van der Waals surface area contributed by atoms with Crippen LogP contribution in [0.5, 0.6) is 0 Å². The predicted octanol–water partition coefficient (Wildman–Crippen LogP) is 1.39. The lowest BCUT2D eigenvalue weighted by molar-refractivity contribution is -0.190. The minimum absolute atomic E-state index is 0.00583. The minimum Gasteiger partial charge on any atom is -0.329 e. The molecule has 6 heteroatoms. The molecule has 1 aliphatic heterocycles. The van der Waals surface area contributed by atoms with Gasteiger partial charge in [0.05, 0.1) is 0 Å². The van der Waals surface area contributed by atoms with E-state index < -0.39 is 12.1 Å². The topological polar surface area (TPSA) is 32.3 Å². The molecule has 1 fully saturated rings. The molecule has 2 unspecified atom stereocenters. The Bertz CT molecular complexity index is 265. The van der Waals surface area contributed by atoms with Crippen molar-refractivity contribution in [2.45, 2.75) is 39.0 Å². The summed E-state index contributed by atoms with van der Waals surface area (Å²) in [4.78, 5) is 12.2. The first kappa shape index (κ1) is 13.3. The van der Waals surface area contributed by atoms with E-state index in [9.17, 15) is 18.0 Å². The van der Waals surface area contributed by atoms with Crippen molar-refractivity contribution in [2.75, 3.05) is 13.1 Å². The molecule has 0 saturated carbocycles. The number of nitrogens with one attached hydrogen (secondary N) is 1. The van der Waals surface area contributed by atoms with E-state index in [4.69, 9.17) is 0 Å². The largest absolute Gasteiger partial charge is 0.471 e. The van der Waals surface area contributed by atoms with E-state index in [2.05, 4.69) is 5.32 Å². The van der Waals surface area contributed by atoms with Gasteiger partial charge in [-0.2, -0.15) is 13.2 Å². The Morgan fingerprint density at radius 1 is 1.44 bits per heavy atom. The first-order valence-corrected chi connectivity index (χ1v) is 5.34. The third-order valence-electron chi connectivity index (χ3n) is 2.82. The molecular formula is C10H17F3N2O. The van der Waals surface area contributed by atoms with Crippen molar-refractivity contribution in [2.24, 2.45) is 5.92 Å². The minimum atomic E-state index is -4.77. The van der Waals surface area contributed by atoms with E-state index in [1.54, 1.807) is 6.92 Å². The van der Waals surface area contributed by atoms with Crippen molar-refractivity contribution in [3.8, 4) is 0 Å². The fourth-order valence-electron chi connectivity index (χ4n) is 1.92. The van der Waals surface area contributed by atoms with Crippen LogP contribution in [-0.4, -0.2) is 42.2 Å². The summed E-state index contributed by atoms with van der Waals surface area (Å²) in [6.07, 6.45) is -4.77. The van der Waals surface area contributed by atoms with Gasteiger partial charge in [-0.1, -0.05) is 13.8 Å². The molecule has 0 aromatic heterocycles. The Morgan fingerprint density at radius 2 is 2.00 bits per heavy atom. The van der Waals surface area contributed by atoms with E-state index in [0.717, 1.165) is 4.90 Å². The van der Waals surface area contributed by atoms with Crippen LogP contribution in [0.4, 0.5) is 13.2 Å². The molecule has 1 heterocycles. The van der Waals surface area contributed by atoms with Crippen LogP contribution in [0.3, 0.4) is 0 Å². The second-order valence-electron chi connectivity index (χ2n) is 4.58. The van der Waals surface area contributed by atoms with Gasteiger partial charge < -0.3 is 10.2 Å². The number of halogens is 3. The number of piperazine rings is 1. The summed E-state index contributed by atoms with van der Waals surface area (Å²) in [6, 6.07) is -0.480. The monoisotopic (exact) mass is 238 g/mol. The van der Waals surface area contributed by atoms with Gasteiger partial charge in [-0.15, -0.1) is 0 Å². The highest BCUT2D eigenvalue weighted by Gasteiger charge is 2.46. The number of rotatable bonds is 1. The summed E-state index contributed by atoms with van der Waals surface area (Å²) in [5.41, 5.74) is 0. The smallest absolute Gasteiger partial charge is 0.329 e. The van der Waals surface area contributed by atoms with Gasteiger partial charge in [0.2, 0.25) is 0 Å². The second kappa shape index (κ2) is 4.61. The summed E-state index contributed by atoms with van der Waals surface area (Å²) >= 11 is 0. The van der Waals surface area contributed by atoms with Crippen LogP contribution in [0.1, 0.15) is 20.8 Å². The molecule has 1 amide bonds. The molecule has 1 aliphatic rings. The van der Waals surface area contributed by atoms with Gasteiger partial charge in [0.1, 0.15) is 0 Å². The highest BCUT2D eigenvalue weighted by Crippen LogP contribution is 2.24. The maximum Gasteiger partial charge on any atom is 0.471 e. The lowest BCUT2D eigenvalue weighted by Crippen LogP contribution is -2.61. The molecule has 0 aromatic rings. The van der Waals surface area contributed by atoms with E-state index in [1.807, 2.05) is 13.8 Å². The van der Waals surface area contributed by atoms with E-state index in [-0.39, 0.29) is 24.5 Å². The van der Waals surface area contributed by atoms with E-state index in [0.29, 0.717) is 6.54 Å². The maximum absolute atomic E-state index is 12.4. The quantitative estimate of drug-likeness (QED) is 0.748. The third-order valence-corrected chi connectivity index (χ3v) is 2.82. The first-order chi connectivity index (χ1) is 7.23. The molecule has 3 nitrogen and oxygen atoms in total. The number of carbonyl (C=O) groups excluding carboxylic acids is 1. The predicted molar refractivity (Wildman–Crippen MR) is 53.9 cm³/mol. The van der Waals surface area contributed by atoms with E-state index in [1.165, 1.54) is 0 Å². The number of nitrogens with zero attached hydrogens (tertiary/aromatic N) is 1. The van der Waals surface area contributed by atoms with Crippen LogP contribution in [0, 0.1) is 5.92 Å². The van der Waals surface area contributed by atoms with Crippen LogP contribution in [0.15, 0.2) is 0 Å². The average Bonchev–Trinajstić information content (AvgIpc) is 2.14. The molecule has 94 valence electrons. The van der Waals surface area contributed by atoms with Crippen LogP contribution in [0.2, 0.25) is 0 Å². The second-order valence-corrected chi connectivity index (χ2v) is 4.58. The summed E-state index contributed by atoms with van der Waals surface area (Å²) in [7, 11) is 0.